The molecular formula is C13H10F4N4O2. The summed E-state index contributed by atoms with van der Waals surface area (Å²) in [6, 6.07) is -0.420. The van der Waals surface area contributed by atoms with Gasteiger partial charge in [-0.05, 0) is 12.1 Å². The quantitative estimate of drug-likeness (QED) is 0.630. The molecule has 3 amide bonds. The molecule has 1 atom stereocenters. The summed E-state index contributed by atoms with van der Waals surface area (Å²) in [6.45, 7) is 0. The van der Waals surface area contributed by atoms with Crippen LogP contribution in [0.15, 0.2) is 12.1 Å². The van der Waals surface area contributed by atoms with Gasteiger partial charge in [0.25, 0.3) is 0 Å². The van der Waals surface area contributed by atoms with E-state index in [4.69, 9.17) is 11.0 Å². The number of amides is 3. The molecule has 1 aromatic rings. The Kier molecular flexibility index (Phi) is 3.90. The number of urea groups is 1. The van der Waals surface area contributed by atoms with Gasteiger partial charge in [-0.2, -0.15) is 18.4 Å². The zero-order valence-electron chi connectivity index (χ0n) is 11.7. The summed E-state index contributed by atoms with van der Waals surface area (Å²) in [5, 5.41) is 8.74. The van der Waals surface area contributed by atoms with Crippen molar-refractivity contribution >= 4 is 23.3 Å². The lowest BCUT2D eigenvalue weighted by Crippen LogP contribution is -2.60. The molecule has 0 saturated carbocycles. The predicted octanol–water partition coefficient (Wildman–Crippen LogP) is 2.00. The van der Waals surface area contributed by atoms with Gasteiger partial charge in [-0.25, -0.2) is 14.1 Å². The number of hydrogen-bond donors (Lipinski definition) is 1. The summed E-state index contributed by atoms with van der Waals surface area (Å²) in [5.74, 6) is -2.32. The van der Waals surface area contributed by atoms with Gasteiger partial charge in [0.1, 0.15) is 17.9 Å². The van der Waals surface area contributed by atoms with Crippen molar-refractivity contribution in [2.75, 3.05) is 17.7 Å². The average Bonchev–Trinajstić information content (AvgIpc) is 2.45. The SMILES string of the molecule is CN1C(=O)N(c2cc(N)c(C#N)cc2F)C(=O)CC1C(F)(F)F. The van der Waals surface area contributed by atoms with Gasteiger partial charge in [0.2, 0.25) is 5.91 Å². The first-order chi connectivity index (χ1) is 10.6. The zero-order chi connectivity index (χ0) is 17.5. The minimum absolute atomic E-state index is 0.204. The number of nitrogen functional groups attached to an aromatic ring is 1. The molecule has 0 spiro atoms. The first-order valence-electron chi connectivity index (χ1n) is 6.23. The highest BCUT2D eigenvalue weighted by Crippen LogP contribution is 2.34. The van der Waals surface area contributed by atoms with Gasteiger partial charge in [0.15, 0.2) is 0 Å². The van der Waals surface area contributed by atoms with Gasteiger partial charge in [-0.1, -0.05) is 0 Å². The van der Waals surface area contributed by atoms with Crippen LogP contribution in [0, 0.1) is 17.1 Å². The summed E-state index contributed by atoms with van der Waals surface area (Å²) in [4.78, 5) is 24.6. The second kappa shape index (κ2) is 5.42. The van der Waals surface area contributed by atoms with Gasteiger partial charge in [0.05, 0.1) is 23.4 Å². The summed E-state index contributed by atoms with van der Waals surface area (Å²) in [5.41, 5.74) is 4.48. The molecule has 6 nitrogen and oxygen atoms in total. The highest BCUT2D eigenvalue weighted by molar-refractivity contribution is 6.16. The minimum Gasteiger partial charge on any atom is -0.398 e. The third-order valence-corrected chi connectivity index (χ3v) is 3.44. The fourth-order valence-electron chi connectivity index (χ4n) is 2.21. The Bertz CT molecular complexity index is 726. The molecule has 0 aliphatic carbocycles. The van der Waals surface area contributed by atoms with Crippen LogP contribution in [0.1, 0.15) is 12.0 Å². The number of nitrogens with two attached hydrogens (primary N) is 1. The van der Waals surface area contributed by atoms with Gasteiger partial charge in [0, 0.05) is 7.05 Å². The monoisotopic (exact) mass is 330 g/mol. The van der Waals surface area contributed by atoms with E-state index in [2.05, 4.69) is 0 Å². The molecule has 2 N–H and O–H groups in total. The van der Waals surface area contributed by atoms with E-state index in [0.717, 1.165) is 13.1 Å². The fraction of sp³-hybridized carbons (Fsp3) is 0.308. The van der Waals surface area contributed by atoms with Crippen LogP contribution in [0.3, 0.4) is 0 Å². The van der Waals surface area contributed by atoms with Gasteiger partial charge in [-0.15, -0.1) is 0 Å². The molecule has 1 aliphatic heterocycles. The number of rotatable bonds is 1. The number of carbonyl (C=O) groups excluding carboxylic acids is 2. The summed E-state index contributed by atoms with van der Waals surface area (Å²) in [6.07, 6.45) is -5.82. The second-order valence-electron chi connectivity index (χ2n) is 4.89. The number of hydrogen-bond acceptors (Lipinski definition) is 4. The van der Waals surface area contributed by atoms with Crippen molar-refractivity contribution in [1.82, 2.24) is 4.90 Å². The maximum atomic E-state index is 14.0. The first-order valence-corrected chi connectivity index (χ1v) is 6.23. The van der Waals surface area contributed by atoms with E-state index < -0.39 is 42.1 Å². The van der Waals surface area contributed by atoms with E-state index in [-0.39, 0.29) is 16.2 Å². The standard InChI is InChI=1S/C13H10F4N4O2/c1-20-10(13(15,16)17)4-11(22)21(12(20)23)9-3-8(19)6(5-18)2-7(9)14/h2-3,10H,4,19H2,1H3. The zero-order valence-corrected chi connectivity index (χ0v) is 11.7. The molecule has 2 rings (SSSR count). The summed E-state index contributed by atoms with van der Waals surface area (Å²) in [7, 11) is 0.866. The van der Waals surface area contributed by atoms with Crippen LogP contribution in [0.25, 0.3) is 0 Å². The van der Waals surface area contributed by atoms with Gasteiger partial charge < -0.3 is 10.6 Å². The van der Waals surface area contributed by atoms with Gasteiger partial charge >= 0.3 is 12.2 Å². The van der Waals surface area contributed by atoms with Crippen LogP contribution in [0.2, 0.25) is 0 Å². The molecule has 0 aromatic heterocycles. The number of anilines is 2. The first kappa shape index (κ1) is 16.5. The van der Waals surface area contributed by atoms with Crippen molar-refractivity contribution in [1.29, 1.82) is 5.26 Å². The van der Waals surface area contributed by atoms with Crippen molar-refractivity contribution < 1.29 is 27.2 Å². The molecule has 1 saturated heterocycles. The van der Waals surface area contributed by atoms with Crippen molar-refractivity contribution in [3.63, 3.8) is 0 Å². The Morgan fingerprint density at radius 3 is 2.48 bits per heavy atom. The number of benzene rings is 1. The Hall–Kier alpha value is -2.83. The number of nitriles is 1. The van der Waals surface area contributed by atoms with E-state index in [1.807, 2.05) is 0 Å². The smallest absolute Gasteiger partial charge is 0.398 e. The van der Waals surface area contributed by atoms with Crippen molar-refractivity contribution in [3.05, 3.63) is 23.5 Å². The molecule has 1 unspecified atom stereocenters. The van der Waals surface area contributed by atoms with Crippen LogP contribution in [-0.2, 0) is 4.79 Å². The van der Waals surface area contributed by atoms with Crippen LogP contribution in [0.4, 0.5) is 33.7 Å². The topological polar surface area (TPSA) is 90.4 Å². The lowest BCUT2D eigenvalue weighted by atomic mass is 10.1. The molecule has 1 aliphatic rings. The Morgan fingerprint density at radius 2 is 1.96 bits per heavy atom. The molecule has 1 heterocycles. The van der Waals surface area contributed by atoms with Gasteiger partial charge in [-0.3, -0.25) is 4.79 Å². The molecule has 10 heteroatoms. The molecular weight excluding hydrogens is 320 g/mol. The van der Waals surface area contributed by atoms with E-state index in [1.165, 1.54) is 0 Å². The third kappa shape index (κ3) is 2.77. The maximum Gasteiger partial charge on any atom is 0.409 e. The van der Waals surface area contributed by atoms with Crippen LogP contribution in [-0.4, -0.2) is 36.1 Å². The van der Waals surface area contributed by atoms with E-state index in [1.54, 1.807) is 6.07 Å². The fourth-order valence-corrected chi connectivity index (χ4v) is 2.21. The highest BCUT2D eigenvalue weighted by Gasteiger charge is 2.51. The number of carbonyl (C=O) groups is 2. The second-order valence-corrected chi connectivity index (χ2v) is 4.89. The molecule has 1 fully saturated rings. The van der Waals surface area contributed by atoms with E-state index >= 15 is 0 Å². The number of alkyl halides is 3. The largest absolute Gasteiger partial charge is 0.409 e. The summed E-state index contributed by atoms with van der Waals surface area (Å²) < 4.78 is 52.5. The summed E-state index contributed by atoms with van der Waals surface area (Å²) >= 11 is 0. The average molecular weight is 330 g/mol. The van der Waals surface area contributed by atoms with Crippen LogP contribution < -0.4 is 10.6 Å². The minimum atomic E-state index is -4.78. The normalized spacial score (nSPS) is 19.0. The molecule has 0 radical (unpaired) electrons. The Morgan fingerprint density at radius 1 is 1.35 bits per heavy atom. The molecule has 1 aromatic carbocycles. The van der Waals surface area contributed by atoms with E-state index in [9.17, 15) is 27.2 Å². The van der Waals surface area contributed by atoms with Crippen molar-refractivity contribution in [3.8, 4) is 6.07 Å². The Balaban J connectivity index is 2.47. The van der Waals surface area contributed by atoms with Crippen LogP contribution >= 0.6 is 0 Å². The number of imide groups is 1. The highest BCUT2D eigenvalue weighted by atomic mass is 19.4. The van der Waals surface area contributed by atoms with Crippen LogP contribution in [0.5, 0.6) is 0 Å². The van der Waals surface area contributed by atoms with E-state index in [0.29, 0.717) is 11.0 Å². The van der Waals surface area contributed by atoms with Crippen molar-refractivity contribution in [2.45, 2.75) is 18.6 Å². The predicted molar refractivity (Wildman–Crippen MR) is 70.6 cm³/mol. The Labute approximate surface area is 127 Å². The number of halogens is 4. The molecule has 23 heavy (non-hydrogen) atoms. The third-order valence-electron chi connectivity index (χ3n) is 3.44. The maximum absolute atomic E-state index is 14.0. The lowest BCUT2D eigenvalue weighted by molar-refractivity contribution is -0.179. The van der Waals surface area contributed by atoms with Crippen molar-refractivity contribution in [2.24, 2.45) is 0 Å². The lowest BCUT2D eigenvalue weighted by Gasteiger charge is -2.38. The molecule has 122 valence electrons. The number of nitrogens with zero attached hydrogens (tertiary/aromatic N) is 3. The molecule has 0 bridgehead atoms.